The standard InChI is InChI=1S/C28H30N2O4S/c1-20(21-10-11-21)30(25-12-14-26(34-2)15-13-25)28(31)23-8-5-9-27(18-23)35(32,33)29-17-16-22-6-3-4-7-24(22)19-29/h3-9,12-15,18,20-21H,10-11,16-17,19H2,1-2H3. The van der Waals surface area contributed by atoms with Crippen molar-refractivity contribution in [1.82, 2.24) is 4.31 Å². The summed E-state index contributed by atoms with van der Waals surface area (Å²) in [6, 6.07) is 21.8. The first-order chi connectivity index (χ1) is 16.9. The van der Waals surface area contributed by atoms with Crippen LogP contribution in [0.25, 0.3) is 0 Å². The van der Waals surface area contributed by atoms with Gasteiger partial charge in [-0.05, 0) is 85.7 Å². The van der Waals surface area contributed by atoms with Crippen molar-refractivity contribution in [2.45, 2.75) is 43.7 Å². The van der Waals surface area contributed by atoms with Gasteiger partial charge in [0.2, 0.25) is 10.0 Å². The van der Waals surface area contributed by atoms with Crippen LogP contribution in [0.2, 0.25) is 0 Å². The molecule has 0 aromatic heterocycles. The van der Waals surface area contributed by atoms with Crippen LogP contribution in [0.3, 0.4) is 0 Å². The smallest absolute Gasteiger partial charge is 0.258 e. The van der Waals surface area contributed by atoms with Gasteiger partial charge in [0.1, 0.15) is 5.75 Å². The topological polar surface area (TPSA) is 66.9 Å². The minimum Gasteiger partial charge on any atom is -0.497 e. The van der Waals surface area contributed by atoms with E-state index in [1.165, 1.54) is 15.9 Å². The second-order valence-corrected chi connectivity index (χ2v) is 11.3. The zero-order valence-corrected chi connectivity index (χ0v) is 20.9. The van der Waals surface area contributed by atoms with Crippen molar-refractivity contribution in [3.63, 3.8) is 0 Å². The number of hydrogen-bond donors (Lipinski definition) is 0. The molecule has 6 nitrogen and oxygen atoms in total. The Morgan fingerprint density at radius 2 is 1.71 bits per heavy atom. The van der Waals surface area contributed by atoms with E-state index >= 15 is 0 Å². The molecule has 1 heterocycles. The molecule has 1 aliphatic heterocycles. The summed E-state index contributed by atoms with van der Waals surface area (Å²) in [5, 5.41) is 0. The number of anilines is 1. The Morgan fingerprint density at radius 3 is 2.40 bits per heavy atom. The van der Waals surface area contributed by atoms with Gasteiger partial charge in [0.15, 0.2) is 0 Å². The first-order valence-corrected chi connectivity index (χ1v) is 13.5. The number of methoxy groups -OCH3 is 1. The monoisotopic (exact) mass is 490 g/mol. The van der Waals surface area contributed by atoms with E-state index in [1.54, 1.807) is 30.2 Å². The van der Waals surface area contributed by atoms with E-state index in [0.29, 0.717) is 31.0 Å². The lowest BCUT2D eigenvalue weighted by atomic mass is 10.0. The van der Waals surface area contributed by atoms with Crippen LogP contribution in [-0.2, 0) is 23.0 Å². The van der Waals surface area contributed by atoms with Crippen molar-refractivity contribution in [1.29, 1.82) is 0 Å². The van der Waals surface area contributed by atoms with Gasteiger partial charge in [0.05, 0.1) is 12.0 Å². The van der Waals surface area contributed by atoms with Crippen molar-refractivity contribution in [2.75, 3.05) is 18.6 Å². The predicted octanol–water partition coefficient (Wildman–Crippen LogP) is 4.89. The molecule has 182 valence electrons. The molecule has 1 amide bonds. The summed E-state index contributed by atoms with van der Waals surface area (Å²) in [4.78, 5) is 15.7. The highest BCUT2D eigenvalue weighted by Gasteiger charge is 2.36. The van der Waals surface area contributed by atoms with Crippen molar-refractivity contribution >= 4 is 21.6 Å². The van der Waals surface area contributed by atoms with Crippen LogP contribution >= 0.6 is 0 Å². The third-order valence-corrected chi connectivity index (χ3v) is 8.94. The fourth-order valence-electron chi connectivity index (χ4n) is 4.82. The Kier molecular flexibility index (Phi) is 6.38. The molecular formula is C28H30N2O4S. The molecule has 1 atom stereocenters. The minimum atomic E-state index is -3.74. The molecule has 5 rings (SSSR count). The summed E-state index contributed by atoms with van der Waals surface area (Å²) >= 11 is 0. The highest BCUT2D eigenvalue weighted by atomic mass is 32.2. The van der Waals surface area contributed by atoms with Crippen LogP contribution < -0.4 is 9.64 Å². The summed E-state index contributed by atoms with van der Waals surface area (Å²) < 4.78 is 33.8. The minimum absolute atomic E-state index is 0.00903. The first kappa shape index (κ1) is 23.6. The van der Waals surface area contributed by atoms with Crippen molar-refractivity contribution < 1.29 is 17.9 Å². The van der Waals surface area contributed by atoms with E-state index in [9.17, 15) is 13.2 Å². The average molecular weight is 491 g/mol. The number of ether oxygens (including phenoxy) is 1. The van der Waals surface area contributed by atoms with E-state index in [4.69, 9.17) is 4.74 Å². The van der Waals surface area contributed by atoms with Gasteiger partial charge < -0.3 is 9.64 Å². The number of carbonyl (C=O) groups is 1. The van der Waals surface area contributed by atoms with E-state index in [0.717, 1.165) is 29.8 Å². The van der Waals surface area contributed by atoms with Crippen LogP contribution in [-0.4, -0.2) is 38.3 Å². The molecule has 35 heavy (non-hydrogen) atoms. The molecule has 1 fully saturated rings. The van der Waals surface area contributed by atoms with Crippen molar-refractivity contribution in [3.8, 4) is 5.75 Å². The van der Waals surface area contributed by atoms with Gasteiger partial charge in [-0.1, -0.05) is 30.3 Å². The molecule has 3 aromatic rings. The first-order valence-electron chi connectivity index (χ1n) is 12.0. The Labute approximate surface area is 207 Å². The third kappa shape index (κ3) is 4.70. The largest absolute Gasteiger partial charge is 0.497 e. The molecule has 7 heteroatoms. The Balaban J connectivity index is 1.45. The molecule has 3 aromatic carbocycles. The Morgan fingerprint density at radius 1 is 1.00 bits per heavy atom. The highest BCUT2D eigenvalue weighted by Crippen LogP contribution is 2.38. The van der Waals surface area contributed by atoms with Gasteiger partial charge in [-0.2, -0.15) is 4.31 Å². The van der Waals surface area contributed by atoms with Crippen molar-refractivity contribution in [2.24, 2.45) is 5.92 Å². The summed E-state index contributed by atoms with van der Waals surface area (Å²) in [5.74, 6) is 0.966. The molecular weight excluding hydrogens is 460 g/mol. The second kappa shape index (κ2) is 9.47. The van der Waals surface area contributed by atoms with Crippen LogP contribution in [0.15, 0.2) is 77.7 Å². The lowest BCUT2D eigenvalue weighted by Gasteiger charge is -2.30. The molecule has 0 bridgehead atoms. The predicted molar refractivity (Wildman–Crippen MR) is 136 cm³/mol. The molecule has 1 saturated carbocycles. The fourth-order valence-corrected chi connectivity index (χ4v) is 6.29. The number of nitrogens with zero attached hydrogens (tertiary/aromatic N) is 2. The molecule has 1 aliphatic carbocycles. The number of rotatable bonds is 7. The normalized spacial score (nSPS) is 16.9. The van der Waals surface area contributed by atoms with Gasteiger partial charge >= 0.3 is 0 Å². The van der Waals surface area contributed by atoms with Gasteiger partial charge in [-0.25, -0.2) is 8.42 Å². The van der Waals surface area contributed by atoms with Crippen LogP contribution in [0.5, 0.6) is 5.75 Å². The van der Waals surface area contributed by atoms with Crippen molar-refractivity contribution in [3.05, 3.63) is 89.5 Å². The maximum Gasteiger partial charge on any atom is 0.258 e. The molecule has 0 saturated heterocycles. The number of sulfonamides is 1. The van der Waals surface area contributed by atoms with Crippen LogP contribution in [0.4, 0.5) is 5.69 Å². The molecule has 2 aliphatic rings. The third-order valence-electron chi connectivity index (χ3n) is 7.10. The molecule has 0 radical (unpaired) electrons. The van der Waals surface area contributed by atoms with Gasteiger partial charge in [0.25, 0.3) is 5.91 Å². The average Bonchev–Trinajstić information content (AvgIpc) is 3.74. The van der Waals surface area contributed by atoms with Gasteiger partial charge in [0, 0.05) is 30.4 Å². The molecule has 1 unspecified atom stereocenters. The second-order valence-electron chi connectivity index (χ2n) is 9.34. The SMILES string of the molecule is COc1ccc(N(C(=O)c2cccc(S(=O)(=O)N3CCc4ccccc4C3)c2)C(C)C2CC2)cc1. The number of amides is 1. The van der Waals surface area contributed by atoms with E-state index < -0.39 is 10.0 Å². The lowest BCUT2D eigenvalue weighted by Crippen LogP contribution is -2.40. The van der Waals surface area contributed by atoms with E-state index in [1.807, 2.05) is 48.5 Å². The van der Waals surface area contributed by atoms with E-state index in [2.05, 4.69) is 6.92 Å². The highest BCUT2D eigenvalue weighted by molar-refractivity contribution is 7.89. The number of carbonyl (C=O) groups excluding carboxylic acids is 1. The summed E-state index contributed by atoms with van der Waals surface area (Å²) in [7, 11) is -2.13. The maximum atomic E-state index is 13.8. The van der Waals surface area contributed by atoms with Crippen LogP contribution in [0, 0.1) is 5.92 Å². The Bertz CT molecular complexity index is 1330. The number of benzene rings is 3. The van der Waals surface area contributed by atoms with Gasteiger partial charge in [-0.3, -0.25) is 4.79 Å². The van der Waals surface area contributed by atoms with Crippen LogP contribution in [0.1, 0.15) is 41.3 Å². The summed E-state index contributed by atoms with van der Waals surface area (Å²) in [6.07, 6.45) is 2.86. The quantitative estimate of drug-likeness (QED) is 0.473. The summed E-state index contributed by atoms with van der Waals surface area (Å²) in [6.45, 7) is 2.83. The summed E-state index contributed by atoms with van der Waals surface area (Å²) in [5.41, 5.74) is 3.36. The fraction of sp³-hybridized carbons (Fsp3) is 0.321. The van der Waals surface area contributed by atoms with E-state index in [-0.39, 0.29) is 16.8 Å². The number of hydrogen-bond acceptors (Lipinski definition) is 4. The van der Waals surface area contributed by atoms with Gasteiger partial charge in [-0.15, -0.1) is 0 Å². The zero-order chi connectivity index (χ0) is 24.6. The molecule has 0 N–H and O–H groups in total. The number of fused-ring (bicyclic) bond motifs is 1. The molecule has 0 spiro atoms. The lowest BCUT2D eigenvalue weighted by molar-refractivity contribution is 0.0975. The zero-order valence-electron chi connectivity index (χ0n) is 20.1. The Hall–Kier alpha value is -3.16. The maximum absolute atomic E-state index is 13.8.